The van der Waals surface area contributed by atoms with Gasteiger partial charge < -0.3 is 4.90 Å². The lowest BCUT2D eigenvalue weighted by molar-refractivity contribution is 0.519. The van der Waals surface area contributed by atoms with Crippen LogP contribution < -0.4 is 4.90 Å². The summed E-state index contributed by atoms with van der Waals surface area (Å²) in [6.45, 7) is 11.2. The minimum Gasteiger partial charge on any atom is -0.307 e. The van der Waals surface area contributed by atoms with Crippen LogP contribution in [0.15, 0.2) is 77.3 Å². The number of hydrogen-bond donors (Lipinski definition) is 0. The molecule has 24 heavy (non-hydrogen) atoms. The lowest BCUT2D eigenvalue weighted by Gasteiger charge is -2.26. The highest BCUT2D eigenvalue weighted by Gasteiger charge is 2.22. The Labute approximate surface area is 146 Å². The van der Waals surface area contributed by atoms with Crippen LogP contribution in [0.5, 0.6) is 0 Å². The Hall–Kier alpha value is -2.24. The van der Waals surface area contributed by atoms with E-state index < -0.39 is 0 Å². The van der Waals surface area contributed by atoms with E-state index in [4.69, 9.17) is 0 Å². The predicted molar refractivity (Wildman–Crippen MR) is 104 cm³/mol. The molecule has 0 aliphatic heterocycles. The smallest absolute Gasteiger partial charge is 0.0891 e. The van der Waals surface area contributed by atoms with Crippen molar-refractivity contribution >= 4 is 5.69 Å². The Morgan fingerprint density at radius 2 is 1.92 bits per heavy atom. The van der Waals surface area contributed by atoms with Crippen LogP contribution in [-0.2, 0) is 0 Å². The fourth-order valence-electron chi connectivity index (χ4n) is 3.04. The molecule has 0 spiro atoms. The van der Waals surface area contributed by atoms with Gasteiger partial charge in [0, 0.05) is 23.4 Å². The van der Waals surface area contributed by atoms with Crippen molar-refractivity contribution < 1.29 is 0 Å². The summed E-state index contributed by atoms with van der Waals surface area (Å²) >= 11 is 0. The fraction of sp³-hybridized carbons (Fsp3) is 0.348. The number of allylic oxidation sites excluding steroid dienone is 5. The molecule has 0 saturated heterocycles. The second-order valence-electron chi connectivity index (χ2n) is 7.88. The van der Waals surface area contributed by atoms with Crippen molar-refractivity contribution in [2.45, 2.75) is 47.0 Å². The molecule has 0 radical (unpaired) electrons. The largest absolute Gasteiger partial charge is 0.307 e. The molecular formula is C23H27N. The first-order valence-electron chi connectivity index (χ1n) is 8.81. The molecule has 0 unspecified atom stereocenters. The maximum absolute atomic E-state index is 3.63. The van der Waals surface area contributed by atoms with Gasteiger partial charge in [-0.15, -0.1) is 0 Å². The van der Waals surface area contributed by atoms with Crippen LogP contribution in [-0.4, -0.2) is 0 Å². The van der Waals surface area contributed by atoms with Gasteiger partial charge in [0.05, 0.1) is 5.70 Å². The van der Waals surface area contributed by atoms with E-state index >= 15 is 0 Å². The van der Waals surface area contributed by atoms with Gasteiger partial charge in [0.25, 0.3) is 0 Å². The van der Waals surface area contributed by atoms with Crippen LogP contribution in [0, 0.1) is 5.41 Å². The molecule has 0 fully saturated rings. The summed E-state index contributed by atoms with van der Waals surface area (Å²) in [5, 5.41) is 0. The van der Waals surface area contributed by atoms with Crippen molar-refractivity contribution in [2.24, 2.45) is 5.41 Å². The van der Waals surface area contributed by atoms with E-state index in [1.54, 1.807) is 0 Å². The maximum atomic E-state index is 3.63. The highest BCUT2D eigenvalue weighted by atomic mass is 15.2. The minimum atomic E-state index is 0.117. The first kappa shape index (κ1) is 16.6. The van der Waals surface area contributed by atoms with Gasteiger partial charge in [-0.1, -0.05) is 64.6 Å². The summed E-state index contributed by atoms with van der Waals surface area (Å²) in [6, 6.07) is 8.88. The highest BCUT2D eigenvalue weighted by Crippen LogP contribution is 2.35. The normalized spacial score (nSPS) is 16.5. The second kappa shape index (κ2) is 6.34. The van der Waals surface area contributed by atoms with Gasteiger partial charge in [-0.25, -0.2) is 0 Å². The molecule has 0 saturated carbocycles. The van der Waals surface area contributed by atoms with Crippen molar-refractivity contribution in [1.82, 2.24) is 0 Å². The van der Waals surface area contributed by atoms with Gasteiger partial charge in [-0.2, -0.15) is 0 Å². The zero-order valence-electron chi connectivity index (χ0n) is 15.4. The Kier molecular flexibility index (Phi) is 4.39. The summed E-state index contributed by atoms with van der Waals surface area (Å²) in [6.07, 6.45) is 11.9. The first-order valence-corrected chi connectivity index (χ1v) is 8.81. The maximum Gasteiger partial charge on any atom is 0.0891 e. The fourth-order valence-corrected chi connectivity index (χ4v) is 3.04. The lowest BCUT2D eigenvalue weighted by Crippen LogP contribution is -2.19. The van der Waals surface area contributed by atoms with E-state index in [-0.39, 0.29) is 5.41 Å². The van der Waals surface area contributed by atoms with E-state index in [2.05, 4.69) is 99.9 Å². The summed E-state index contributed by atoms with van der Waals surface area (Å²) in [4.78, 5) is 2.35. The molecule has 0 amide bonds. The molecule has 2 aliphatic carbocycles. The average Bonchev–Trinajstić information content (AvgIpc) is 3.19. The van der Waals surface area contributed by atoms with Crippen LogP contribution in [0.1, 0.15) is 52.5 Å². The molecule has 0 heterocycles. The quantitative estimate of drug-likeness (QED) is 0.574. The summed E-state index contributed by atoms with van der Waals surface area (Å²) < 4.78 is 0. The molecule has 1 aromatic rings. The molecule has 0 aromatic heterocycles. The Balaban J connectivity index is 2.08. The number of anilines is 1. The van der Waals surface area contributed by atoms with Crippen molar-refractivity contribution in [2.75, 3.05) is 4.90 Å². The molecule has 2 aliphatic rings. The van der Waals surface area contributed by atoms with Crippen molar-refractivity contribution in [3.05, 3.63) is 82.9 Å². The number of hydrogen-bond acceptors (Lipinski definition) is 1. The van der Waals surface area contributed by atoms with Gasteiger partial charge in [0.1, 0.15) is 0 Å². The molecule has 1 heteroatoms. The van der Waals surface area contributed by atoms with Gasteiger partial charge in [0.2, 0.25) is 0 Å². The monoisotopic (exact) mass is 317 g/mol. The minimum absolute atomic E-state index is 0.117. The topological polar surface area (TPSA) is 3.24 Å². The van der Waals surface area contributed by atoms with E-state index in [1.165, 1.54) is 22.5 Å². The molecule has 3 rings (SSSR count). The number of benzene rings is 1. The van der Waals surface area contributed by atoms with Crippen LogP contribution in [0.4, 0.5) is 5.69 Å². The van der Waals surface area contributed by atoms with Crippen LogP contribution in [0.2, 0.25) is 0 Å². The number of nitrogens with zero attached hydrogens (tertiary/aromatic N) is 1. The number of rotatable bonds is 4. The Bertz CT molecular complexity index is 788. The van der Waals surface area contributed by atoms with Crippen LogP contribution >= 0.6 is 0 Å². The van der Waals surface area contributed by atoms with Crippen LogP contribution in [0.25, 0.3) is 0 Å². The SMILES string of the molecule is CC(C)c1cccc(N(C2=C=C(C(C)(C)C)C=C2)C2=CC=CC2)c1. The first-order chi connectivity index (χ1) is 11.4. The zero-order chi connectivity index (χ0) is 17.3. The van der Waals surface area contributed by atoms with Gasteiger partial charge in [-0.3, -0.25) is 0 Å². The van der Waals surface area contributed by atoms with E-state index in [0.29, 0.717) is 5.92 Å². The third-order valence-electron chi connectivity index (χ3n) is 4.55. The molecular weight excluding hydrogens is 290 g/mol. The van der Waals surface area contributed by atoms with Gasteiger partial charge in [0.15, 0.2) is 0 Å². The van der Waals surface area contributed by atoms with Crippen LogP contribution in [0.3, 0.4) is 0 Å². The molecule has 0 N–H and O–H groups in total. The lowest BCUT2D eigenvalue weighted by atomic mass is 9.88. The van der Waals surface area contributed by atoms with Crippen molar-refractivity contribution in [1.29, 1.82) is 0 Å². The Morgan fingerprint density at radius 3 is 2.50 bits per heavy atom. The third kappa shape index (κ3) is 3.32. The van der Waals surface area contributed by atoms with Gasteiger partial charge >= 0.3 is 0 Å². The van der Waals surface area contributed by atoms with Crippen molar-refractivity contribution in [3.63, 3.8) is 0 Å². The van der Waals surface area contributed by atoms with E-state index in [0.717, 1.165) is 12.1 Å². The van der Waals surface area contributed by atoms with Crippen molar-refractivity contribution in [3.8, 4) is 0 Å². The molecule has 124 valence electrons. The molecule has 0 bridgehead atoms. The summed E-state index contributed by atoms with van der Waals surface area (Å²) in [7, 11) is 0. The van der Waals surface area contributed by atoms with Gasteiger partial charge in [-0.05, 0) is 47.3 Å². The highest BCUT2D eigenvalue weighted by molar-refractivity contribution is 5.64. The third-order valence-corrected chi connectivity index (χ3v) is 4.55. The second-order valence-corrected chi connectivity index (χ2v) is 7.88. The van der Waals surface area contributed by atoms with E-state index in [1.807, 2.05) is 0 Å². The molecule has 1 aromatic carbocycles. The zero-order valence-corrected chi connectivity index (χ0v) is 15.4. The summed E-state index contributed by atoms with van der Waals surface area (Å²) in [5.41, 5.74) is 10.0. The average molecular weight is 317 g/mol. The molecule has 1 nitrogen and oxygen atoms in total. The summed E-state index contributed by atoms with van der Waals surface area (Å²) in [5.74, 6) is 0.524. The standard InChI is InChI=1S/C23H27N/c1-17(2)18-9-8-12-21(15-18)24(20-10-6-7-11-20)22-14-13-19(16-22)23(3,4)5/h6-10,12-15,17H,11H2,1-5H3. The molecule has 0 atom stereocenters. The predicted octanol–water partition coefficient (Wildman–Crippen LogP) is 6.49. The Morgan fingerprint density at radius 1 is 1.12 bits per heavy atom. The van der Waals surface area contributed by atoms with E-state index in [9.17, 15) is 0 Å².